The van der Waals surface area contributed by atoms with Gasteiger partial charge >= 0.3 is 5.97 Å². The summed E-state index contributed by atoms with van der Waals surface area (Å²) in [5.41, 5.74) is 1.19. The number of guanidine groups is 1. The zero-order chi connectivity index (χ0) is 22.6. The molecule has 2 rings (SSSR count). The Morgan fingerprint density at radius 3 is 2.39 bits per heavy atom. The lowest BCUT2D eigenvalue weighted by Crippen LogP contribution is -2.46. The zero-order valence-corrected chi connectivity index (χ0v) is 19.1. The van der Waals surface area contributed by atoms with Gasteiger partial charge in [0, 0.05) is 26.7 Å². The van der Waals surface area contributed by atoms with Crippen molar-refractivity contribution in [3.05, 3.63) is 29.8 Å². The molecule has 0 heterocycles. The van der Waals surface area contributed by atoms with Crippen LogP contribution in [-0.4, -0.2) is 69.7 Å². The minimum absolute atomic E-state index is 0.0169. The van der Waals surface area contributed by atoms with Gasteiger partial charge in [0.1, 0.15) is 12.3 Å². The fraction of sp³-hybridized carbons (Fsp3) is 0.609. The quantitative estimate of drug-likeness (QED) is 0.352. The van der Waals surface area contributed by atoms with Crippen molar-refractivity contribution in [3.63, 3.8) is 0 Å². The van der Waals surface area contributed by atoms with E-state index in [1.165, 1.54) is 10.5 Å². The van der Waals surface area contributed by atoms with Crippen molar-refractivity contribution in [1.29, 1.82) is 0 Å². The number of amides is 1. The van der Waals surface area contributed by atoms with Gasteiger partial charge in [0.25, 0.3) is 0 Å². The molecule has 1 amide bonds. The highest BCUT2D eigenvalue weighted by molar-refractivity contribution is 5.85. The van der Waals surface area contributed by atoms with E-state index in [0.29, 0.717) is 19.1 Å². The highest BCUT2D eigenvalue weighted by Gasteiger charge is 2.27. The largest absolute Gasteiger partial charge is 0.497 e. The first kappa shape index (κ1) is 24.5. The van der Waals surface area contributed by atoms with Gasteiger partial charge in [-0.05, 0) is 56.7 Å². The lowest BCUT2D eigenvalue weighted by atomic mass is 9.86. The van der Waals surface area contributed by atoms with Crippen molar-refractivity contribution < 1.29 is 19.1 Å². The number of esters is 1. The molecule has 1 aromatic rings. The molecule has 0 bridgehead atoms. The van der Waals surface area contributed by atoms with Gasteiger partial charge in [-0.15, -0.1) is 0 Å². The number of ether oxygens (including phenoxy) is 2. The number of rotatable bonds is 9. The van der Waals surface area contributed by atoms with E-state index in [1.807, 2.05) is 31.2 Å². The number of aliphatic imine (C=N–C) groups is 1. The average Bonchev–Trinajstić information content (AvgIpc) is 2.78. The number of benzene rings is 1. The van der Waals surface area contributed by atoms with E-state index in [0.717, 1.165) is 37.9 Å². The normalized spacial score (nSPS) is 18.8. The zero-order valence-electron chi connectivity index (χ0n) is 19.1. The Bertz CT molecular complexity index is 726. The predicted octanol–water partition coefficient (Wildman–Crippen LogP) is 1.98. The van der Waals surface area contributed by atoms with Gasteiger partial charge in [-0.1, -0.05) is 12.1 Å². The molecule has 8 nitrogen and oxygen atoms in total. The number of hydrogen-bond donors (Lipinski definition) is 2. The molecule has 2 N–H and O–H groups in total. The van der Waals surface area contributed by atoms with Gasteiger partial charge in [-0.2, -0.15) is 0 Å². The highest BCUT2D eigenvalue weighted by atomic mass is 16.5. The summed E-state index contributed by atoms with van der Waals surface area (Å²) in [6.45, 7) is 3.03. The molecule has 1 aliphatic carbocycles. The first-order valence-corrected chi connectivity index (χ1v) is 11.0. The molecular formula is C23H36N4O4. The molecule has 8 heteroatoms. The van der Waals surface area contributed by atoms with E-state index in [-0.39, 0.29) is 30.4 Å². The van der Waals surface area contributed by atoms with E-state index >= 15 is 0 Å². The van der Waals surface area contributed by atoms with Crippen molar-refractivity contribution >= 4 is 17.8 Å². The van der Waals surface area contributed by atoms with Crippen LogP contribution in [0.4, 0.5) is 0 Å². The molecule has 0 radical (unpaired) electrons. The lowest BCUT2D eigenvalue weighted by molar-refractivity contribution is -0.149. The summed E-state index contributed by atoms with van der Waals surface area (Å²) in [5.74, 6) is 1.30. The van der Waals surface area contributed by atoms with Gasteiger partial charge < -0.3 is 25.0 Å². The van der Waals surface area contributed by atoms with Crippen molar-refractivity contribution in [2.24, 2.45) is 10.9 Å². The minimum Gasteiger partial charge on any atom is -0.497 e. The summed E-state index contributed by atoms with van der Waals surface area (Å²) in [7, 11) is 5.09. The third-order valence-electron chi connectivity index (χ3n) is 5.42. The summed E-state index contributed by atoms with van der Waals surface area (Å²) in [5, 5.41) is 6.78. The van der Waals surface area contributed by atoms with E-state index in [4.69, 9.17) is 9.47 Å². The molecule has 31 heavy (non-hydrogen) atoms. The Labute approximate surface area is 185 Å². The maximum absolute atomic E-state index is 12.0. The Hall–Kier alpha value is -2.77. The average molecular weight is 433 g/mol. The molecule has 0 saturated heterocycles. The monoisotopic (exact) mass is 432 g/mol. The standard InChI is InChI=1S/C23H36N4O4/c1-5-31-22(29)18-8-10-19(11-9-18)26-23(25-16-21(28)27(2)3)24-15-14-17-6-12-20(30-4)13-7-17/h6-7,12-13,18-19H,5,8-11,14-16H2,1-4H3,(H2,24,25,26). The van der Waals surface area contributed by atoms with Crippen LogP contribution in [0.2, 0.25) is 0 Å². The SMILES string of the molecule is CCOC(=O)C1CCC(NC(=NCC(=O)N(C)C)NCCc2ccc(OC)cc2)CC1. The topological polar surface area (TPSA) is 92.3 Å². The smallest absolute Gasteiger partial charge is 0.308 e. The third kappa shape index (κ3) is 8.47. The van der Waals surface area contributed by atoms with Gasteiger partial charge in [0.05, 0.1) is 19.6 Å². The summed E-state index contributed by atoms with van der Waals surface area (Å²) in [4.78, 5) is 29.9. The second-order valence-corrected chi connectivity index (χ2v) is 7.92. The minimum atomic E-state index is -0.0935. The Balaban J connectivity index is 1.89. The summed E-state index contributed by atoms with van der Waals surface area (Å²) in [6.07, 6.45) is 4.15. The second kappa shape index (κ2) is 12.8. The Kier molecular flexibility index (Phi) is 10.1. The number of carbonyl (C=O) groups excluding carboxylic acids is 2. The van der Waals surface area contributed by atoms with Crippen molar-refractivity contribution in [2.75, 3.05) is 40.9 Å². The maximum Gasteiger partial charge on any atom is 0.308 e. The Morgan fingerprint density at radius 2 is 1.81 bits per heavy atom. The molecule has 0 unspecified atom stereocenters. The molecule has 1 fully saturated rings. The number of carbonyl (C=O) groups is 2. The van der Waals surface area contributed by atoms with Crippen molar-refractivity contribution in [3.8, 4) is 5.75 Å². The maximum atomic E-state index is 12.0. The van der Waals surface area contributed by atoms with Crippen LogP contribution in [0.5, 0.6) is 5.75 Å². The number of nitrogens with one attached hydrogen (secondary N) is 2. The first-order valence-electron chi connectivity index (χ1n) is 11.0. The number of methoxy groups -OCH3 is 1. The summed E-state index contributed by atoms with van der Waals surface area (Å²) < 4.78 is 10.3. The number of likely N-dealkylation sites (N-methyl/N-ethyl adjacent to an activating group) is 1. The molecule has 1 aromatic carbocycles. The van der Waals surface area contributed by atoms with Crippen molar-refractivity contribution in [2.45, 2.75) is 45.1 Å². The van der Waals surface area contributed by atoms with Gasteiger partial charge in [-0.3, -0.25) is 9.59 Å². The molecular weight excluding hydrogens is 396 g/mol. The number of nitrogens with zero attached hydrogens (tertiary/aromatic N) is 2. The van der Waals surface area contributed by atoms with Crippen LogP contribution >= 0.6 is 0 Å². The van der Waals surface area contributed by atoms with Crippen LogP contribution in [0.1, 0.15) is 38.2 Å². The van der Waals surface area contributed by atoms with E-state index in [1.54, 1.807) is 21.2 Å². The molecule has 0 aromatic heterocycles. The van der Waals surface area contributed by atoms with Crippen LogP contribution in [0.25, 0.3) is 0 Å². The van der Waals surface area contributed by atoms with Crippen LogP contribution in [-0.2, 0) is 20.7 Å². The fourth-order valence-electron chi connectivity index (χ4n) is 3.49. The van der Waals surface area contributed by atoms with Crippen LogP contribution in [0.15, 0.2) is 29.3 Å². The molecule has 0 atom stereocenters. The molecule has 0 aliphatic heterocycles. The van der Waals surface area contributed by atoms with Gasteiger partial charge in [-0.25, -0.2) is 4.99 Å². The van der Waals surface area contributed by atoms with Gasteiger partial charge in [0.2, 0.25) is 5.91 Å². The highest BCUT2D eigenvalue weighted by Crippen LogP contribution is 2.25. The van der Waals surface area contributed by atoms with Crippen LogP contribution < -0.4 is 15.4 Å². The lowest BCUT2D eigenvalue weighted by Gasteiger charge is -2.29. The molecule has 172 valence electrons. The summed E-state index contributed by atoms with van der Waals surface area (Å²) in [6, 6.07) is 8.18. The molecule has 0 spiro atoms. The second-order valence-electron chi connectivity index (χ2n) is 7.92. The third-order valence-corrected chi connectivity index (χ3v) is 5.42. The number of hydrogen-bond acceptors (Lipinski definition) is 5. The molecule has 1 aliphatic rings. The summed E-state index contributed by atoms with van der Waals surface area (Å²) >= 11 is 0. The van der Waals surface area contributed by atoms with Crippen LogP contribution in [0, 0.1) is 5.92 Å². The van der Waals surface area contributed by atoms with Gasteiger partial charge in [0.15, 0.2) is 5.96 Å². The molecule has 1 saturated carbocycles. The van der Waals surface area contributed by atoms with Crippen molar-refractivity contribution in [1.82, 2.24) is 15.5 Å². The fourth-order valence-corrected chi connectivity index (χ4v) is 3.49. The Morgan fingerprint density at radius 1 is 1.13 bits per heavy atom. The predicted molar refractivity (Wildman–Crippen MR) is 121 cm³/mol. The van der Waals surface area contributed by atoms with Crippen LogP contribution in [0.3, 0.4) is 0 Å². The first-order chi connectivity index (χ1) is 14.9. The van der Waals surface area contributed by atoms with E-state index in [9.17, 15) is 9.59 Å². The van der Waals surface area contributed by atoms with E-state index in [2.05, 4.69) is 15.6 Å². The van der Waals surface area contributed by atoms with E-state index < -0.39 is 0 Å².